The Hall–Kier alpha value is -1.47. The summed E-state index contributed by atoms with van der Waals surface area (Å²) >= 11 is 1.51. The van der Waals surface area contributed by atoms with E-state index in [1.165, 1.54) is 31.0 Å². The van der Waals surface area contributed by atoms with Crippen LogP contribution >= 0.6 is 11.8 Å². The summed E-state index contributed by atoms with van der Waals surface area (Å²) < 4.78 is 2.20. The lowest BCUT2D eigenvalue weighted by atomic mass is 10.2. The van der Waals surface area contributed by atoms with Crippen LogP contribution in [0.15, 0.2) is 22.4 Å². The molecule has 0 fully saturated rings. The van der Waals surface area contributed by atoms with E-state index in [-0.39, 0.29) is 0 Å². The molecule has 7 heteroatoms. The molecular weight excluding hydrogens is 260 g/mol. The summed E-state index contributed by atoms with van der Waals surface area (Å²) in [5, 5.41) is 18.3. The molecule has 2 N–H and O–H groups in total. The van der Waals surface area contributed by atoms with E-state index in [1.807, 2.05) is 6.07 Å². The zero-order valence-corrected chi connectivity index (χ0v) is 11.4. The first-order valence-electron chi connectivity index (χ1n) is 6.49. The van der Waals surface area contributed by atoms with E-state index in [4.69, 9.17) is 5.73 Å². The van der Waals surface area contributed by atoms with Crippen molar-refractivity contribution in [1.29, 1.82) is 0 Å². The lowest BCUT2D eigenvalue weighted by Gasteiger charge is -2.07. The Morgan fingerprint density at radius 1 is 1.21 bits per heavy atom. The molecule has 3 rings (SSSR count). The highest BCUT2D eigenvalue weighted by Crippen LogP contribution is 2.28. The van der Waals surface area contributed by atoms with Crippen LogP contribution in [0, 0.1) is 0 Å². The van der Waals surface area contributed by atoms with Crippen molar-refractivity contribution < 1.29 is 0 Å². The number of nitrogens with two attached hydrogens (primary N) is 1. The van der Waals surface area contributed by atoms with Crippen molar-refractivity contribution in [2.24, 2.45) is 5.73 Å². The van der Waals surface area contributed by atoms with Gasteiger partial charge >= 0.3 is 0 Å². The molecule has 0 saturated carbocycles. The van der Waals surface area contributed by atoms with Crippen molar-refractivity contribution in [1.82, 2.24) is 25.0 Å². The molecule has 2 aromatic heterocycles. The van der Waals surface area contributed by atoms with Crippen molar-refractivity contribution in [3.05, 3.63) is 23.7 Å². The van der Waals surface area contributed by atoms with Gasteiger partial charge in [0.1, 0.15) is 10.9 Å². The highest BCUT2D eigenvalue weighted by atomic mass is 32.2. The summed E-state index contributed by atoms with van der Waals surface area (Å²) in [6.07, 6.45) is 6.31. The van der Waals surface area contributed by atoms with Crippen LogP contribution in [0.1, 0.15) is 30.7 Å². The number of aryl methyl sites for hydroxylation is 1. The first kappa shape index (κ1) is 12.6. The first-order valence-corrected chi connectivity index (χ1v) is 7.30. The van der Waals surface area contributed by atoms with E-state index >= 15 is 0 Å². The van der Waals surface area contributed by atoms with Crippen LogP contribution in [-0.2, 0) is 19.5 Å². The molecule has 6 nitrogen and oxygen atoms in total. The van der Waals surface area contributed by atoms with Crippen molar-refractivity contribution in [2.45, 2.75) is 49.0 Å². The summed E-state index contributed by atoms with van der Waals surface area (Å²) in [7, 11) is 0. The van der Waals surface area contributed by atoms with E-state index in [0.29, 0.717) is 6.54 Å². The van der Waals surface area contributed by atoms with Gasteiger partial charge in [-0.15, -0.1) is 15.3 Å². The normalized spacial score (nSPS) is 15.0. The Morgan fingerprint density at radius 3 is 3.05 bits per heavy atom. The van der Waals surface area contributed by atoms with Crippen LogP contribution in [0.25, 0.3) is 0 Å². The van der Waals surface area contributed by atoms with Crippen molar-refractivity contribution in [2.75, 3.05) is 0 Å². The number of hydrogen-bond donors (Lipinski definition) is 1. The molecule has 0 amide bonds. The SMILES string of the molecule is NCc1ccnnc1Sc1nnc2n1CCCCC2. The van der Waals surface area contributed by atoms with E-state index in [0.717, 1.165) is 34.5 Å². The molecule has 0 saturated heterocycles. The minimum Gasteiger partial charge on any atom is -0.326 e. The molecule has 0 bridgehead atoms. The molecule has 0 spiro atoms. The molecule has 1 aliphatic rings. The van der Waals surface area contributed by atoms with Crippen LogP contribution in [-0.4, -0.2) is 25.0 Å². The molecule has 0 radical (unpaired) electrons. The van der Waals surface area contributed by atoms with Gasteiger partial charge in [-0.2, -0.15) is 5.10 Å². The lowest BCUT2D eigenvalue weighted by Crippen LogP contribution is -2.04. The molecule has 19 heavy (non-hydrogen) atoms. The standard InChI is InChI=1S/C12H16N6S/c13-8-9-5-6-14-16-11(9)19-12-17-15-10-4-2-1-3-7-18(10)12/h5-6H,1-4,7-8,13H2. The van der Waals surface area contributed by atoms with E-state index < -0.39 is 0 Å². The Labute approximate surface area is 115 Å². The highest BCUT2D eigenvalue weighted by molar-refractivity contribution is 7.99. The smallest absolute Gasteiger partial charge is 0.197 e. The summed E-state index contributed by atoms with van der Waals surface area (Å²) in [6, 6.07) is 1.90. The summed E-state index contributed by atoms with van der Waals surface area (Å²) in [6.45, 7) is 1.45. The van der Waals surface area contributed by atoms with Crippen LogP contribution in [0.3, 0.4) is 0 Å². The van der Waals surface area contributed by atoms with Gasteiger partial charge in [0.2, 0.25) is 0 Å². The average Bonchev–Trinajstić information content (AvgIpc) is 2.68. The van der Waals surface area contributed by atoms with Crippen molar-refractivity contribution in [3.8, 4) is 0 Å². The Bertz CT molecular complexity index is 567. The van der Waals surface area contributed by atoms with Gasteiger partial charge in [0.15, 0.2) is 5.16 Å². The third-order valence-electron chi connectivity index (χ3n) is 3.25. The molecule has 0 aromatic carbocycles. The fourth-order valence-corrected chi connectivity index (χ4v) is 3.14. The Kier molecular flexibility index (Phi) is 3.74. The third kappa shape index (κ3) is 2.62. The van der Waals surface area contributed by atoms with Gasteiger partial charge in [-0.3, -0.25) is 0 Å². The minimum atomic E-state index is 0.457. The zero-order chi connectivity index (χ0) is 13.1. The van der Waals surface area contributed by atoms with E-state index in [1.54, 1.807) is 6.20 Å². The van der Waals surface area contributed by atoms with Gasteiger partial charge < -0.3 is 10.3 Å². The number of aromatic nitrogens is 5. The van der Waals surface area contributed by atoms with E-state index in [9.17, 15) is 0 Å². The van der Waals surface area contributed by atoms with Crippen molar-refractivity contribution in [3.63, 3.8) is 0 Å². The molecule has 0 atom stereocenters. The number of rotatable bonds is 3. The maximum Gasteiger partial charge on any atom is 0.197 e. The van der Waals surface area contributed by atoms with Gasteiger partial charge in [-0.05, 0) is 30.7 Å². The number of nitrogens with zero attached hydrogens (tertiary/aromatic N) is 5. The maximum absolute atomic E-state index is 5.72. The molecule has 100 valence electrons. The maximum atomic E-state index is 5.72. The molecule has 0 aliphatic carbocycles. The van der Waals surface area contributed by atoms with Crippen LogP contribution in [0.5, 0.6) is 0 Å². The fraction of sp³-hybridized carbons (Fsp3) is 0.500. The third-order valence-corrected chi connectivity index (χ3v) is 4.27. The number of hydrogen-bond acceptors (Lipinski definition) is 6. The van der Waals surface area contributed by atoms with Crippen LogP contribution < -0.4 is 5.73 Å². The summed E-state index contributed by atoms with van der Waals surface area (Å²) in [4.78, 5) is 0. The van der Waals surface area contributed by atoms with Crippen LogP contribution in [0.4, 0.5) is 0 Å². The topological polar surface area (TPSA) is 82.5 Å². The molecule has 2 aromatic rings. The predicted molar refractivity (Wildman–Crippen MR) is 71.6 cm³/mol. The average molecular weight is 276 g/mol. The van der Waals surface area contributed by atoms with Gasteiger partial charge in [-0.25, -0.2) is 0 Å². The quantitative estimate of drug-likeness (QED) is 0.912. The second kappa shape index (κ2) is 5.66. The monoisotopic (exact) mass is 276 g/mol. The van der Waals surface area contributed by atoms with Gasteiger partial charge in [0.05, 0.1) is 0 Å². The van der Waals surface area contributed by atoms with Crippen molar-refractivity contribution >= 4 is 11.8 Å². The van der Waals surface area contributed by atoms with Crippen LogP contribution in [0.2, 0.25) is 0 Å². The van der Waals surface area contributed by atoms with Gasteiger partial charge in [-0.1, -0.05) is 6.42 Å². The second-order valence-corrected chi connectivity index (χ2v) is 5.48. The molecule has 0 unspecified atom stereocenters. The highest BCUT2D eigenvalue weighted by Gasteiger charge is 2.17. The van der Waals surface area contributed by atoms with Gasteiger partial charge in [0, 0.05) is 31.3 Å². The predicted octanol–water partition coefficient (Wildman–Crippen LogP) is 1.40. The Balaban J connectivity index is 1.89. The molecular formula is C12H16N6S. The second-order valence-electron chi connectivity index (χ2n) is 4.53. The Morgan fingerprint density at radius 2 is 2.16 bits per heavy atom. The molecule has 3 heterocycles. The van der Waals surface area contributed by atoms with Gasteiger partial charge in [0.25, 0.3) is 0 Å². The molecule has 1 aliphatic heterocycles. The minimum absolute atomic E-state index is 0.457. The fourth-order valence-electron chi connectivity index (χ4n) is 2.21. The zero-order valence-electron chi connectivity index (χ0n) is 10.6. The van der Waals surface area contributed by atoms with E-state index in [2.05, 4.69) is 25.0 Å². The first-order chi connectivity index (χ1) is 9.38. The number of fused-ring (bicyclic) bond motifs is 1. The lowest BCUT2D eigenvalue weighted by molar-refractivity contribution is 0.590. The summed E-state index contributed by atoms with van der Waals surface area (Å²) in [5.41, 5.74) is 6.71. The summed E-state index contributed by atoms with van der Waals surface area (Å²) in [5.74, 6) is 1.08. The largest absolute Gasteiger partial charge is 0.326 e.